The van der Waals surface area contributed by atoms with E-state index in [1.165, 1.54) is 0 Å². The normalized spacial score (nSPS) is 20.4. The van der Waals surface area contributed by atoms with Gasteiger partial charge in [0, 0.05) is 32.2 Å². The maximum absolute atomic E-state index is 9.11. The smallest absolute Gasteiger partial charge is 0.183 e. The number of ether oxygens (including phenoxy) is 1. The second-order valence-corrected chi connectivity index (χ2v) is 4.60. The molecule has 1 aromatic rings. The van der Waals surface area contributed by atoms with Crippen molar-refractivity contribution >= 4 is 5.82 Å². The Bertz CT molecular complexity index is 454. The van der Waals surface area contributed by atoms with Gasteiger partial charge in [0.05, 0.1) is 0 Å². The summed E-state index contributed by atoms with van der Waals surface area (Å²) in [5.41, 5.74) is 0.547. The minimum atomic E-state index is 0.449. The first-order chi connectivity index (χ1) is 8.40. The van der Waals surface area contributed by atoms with E-state index in [2.05, 4.69) is 20.9 Å². The highest BCUT2D eigenvalue weighted by Crippen LogP contribution is 2.31. The topological polar surface area (TPSA) is 62.9 Å². The van der Waals surface area contributed by atoms with E-state index >= 15 is 0 Å². The molecule has 3 rings (SSSR count). The summed E-state index contributed by atoms with van der Waals surface area (Å²) in [6, 6.07) is 2.19. The maximum Gasteiger partial charge on any atom is 0.183 e. The van der Waals surface area contributed by atoms with Crippen LogP contribution in [0.1, 0.15) is 36.7 Å². The number of imidazole rings is 1. The number of hydrogen-bond acceptors (Lipinski definition) is 4. The van der Waals surface area contributed by atoms with Crippen LogP contribution in [0.25, 0.3) is 0 Å². The standard InChI is InChI=1S/C12H16N4O/c13-8-10-12-14-4-1-5-16(12)11(15-10)9-2-6-17-7-3-9/h9,14H,1-7H2. The van der Waals surface area contributed by atoms with Gasteiger partial charge in [0.15, 0.2) is 5.69 Å². The fraction of sp³-hybridized carbons (Fsp3) is 0.667. The third-order valence-corrected chi connectivity index (χ3v) is 3.54. The van der Waals surface area contributed by atoms with Crippen LogP contribution < -0.4 is 5.32 Å². The molecule has 0 atom stereocenters. The van der Waals surface area contributed by atoms with Crippen LogP contribution in [0.4, 0.5) is 5.82 Å². The van der Waals surface area contributed by atoms with Crippen LogP contribution >= 0.6 is 0 Å². The second kappa shape index (κ2) is 4.38. The Hall–Kier alpha value is -1.54. The first kappa shape index (κ1) is 10.6. The van der Waals surface area contributed by atoms with Crippen LogP contribution in [-0.2, 0) is 11.3 Å². The van der Waals surface area contributed by atoms with Crippen LogP contribution in [0.15, 0.2) is 0 Å². The van der Waals surface area contributed by atoms with Gasteiger partial charge in [0.1, 0.15) is 17.7 Å². The van der Waals surface area contributed by atoms with Crippen LogP contribution in [-0.4, -0.2) is 29.3 Å². The van der Waals surface area contributed by atoms with Gasteiger partial charge in [-0.2, -0.15) is 5.26 Å². The van der Waals surface area contributed by atoms with Gasteiger partial charge in [-0.15, -0.1) is 0 Å². The molecule has 0 unspecified atom stereocenters. The molecule has 0 aromatic carbocycles. The Balaban J connectivity index is 1.98. The number of nitrogens with one attached hydrogen (secondary N) is 1. The molecule has 5 nitrogen and oxygen atoms in total. The fourth-order valence-corrected chi connectivity index (χ4v) is 2.67. The van der Waals surface area contributed by atoms with E-state index in [0.717, 1.165) is 57.2 Å². The third-order valence-electron chi connectivity index (χ3n) is 3.54. The van der Waals surface area contributed by atoms with Gasteiger partial charge < -0.3 is 14.6 Å². The van der Waals surface area contributed by atoms with Crippen molar-refractivity contribution in [2.75, 3.05) is 25.1 Å². The molecule has 1 N–H and O–H groups in total. The average Bonchev–Trinajstić information content (AvgIpc) is 2.78. The first-order valence-electron chi connectivity index (χ1n) is 6.22. The van der Waals surface area contributed by atoms with Gasteiger partial charge in [-0.1, -0.05) is 0 Å². The first-order valence-corrected chi connectivity index (χ1v) is 6.22. The quantitative estimate of drug-likeness (QED) is 0.796. The third kappa shape index (κ3) is 1.79. The Morgan fingerprint density at radius 2 is 2.24 bits per heavy atom. The Morgan fingerprint density at radius 1 is 1.41 bits per heavy atom. The molecule has 0 amide bonds. The molecule has 5 heteroatoms. The molecule has 0 spiro atoms. The Kier molecular flexibility index (Phi) is 2.73. The number of nitrogens with zero attached hydrogens (tertiary/aromatic N) is 3. The van der Waals surface area contributed by atoms with Crippen molar-refractivity contribution in [3.05, 3.63) is 11.5 Å². The molecule has 1 aromatic heterocycles. The van der Waals surface area contributed by atoms with E-state index in [9.17, 15) is 0 Å². The lowest BCUT2D eigenvalue weighted by Gasteiger charge is -2.25. The van der Waals surface area contributed by atoms with Gasteiger partial charge in [0.25, 0.3) is 0 Å². The van der Waals surface area contributed by atoms with Crippen molar-refractivity contribution in [3.63, 3.8) is 0 Å². The van der Waals surface area contributed by atoms with Crippen LogP contribution in [0.5, 0.6) is 0 Å². The number of fused-ring (bicyclic) bond motifs is 1. The lowest BCUT2D eigenvalue weighted by atomic mass is 9.99. The highest BCUT2D eigenvalue weighted by Gasteiger charge is 2.26. The van der Waals surface area contributed by atoms with E-state index < -0.39 is 0 Å². The summed E-state index contributed by atoms with van der Waals surface area (Å²) in [5.74, 6) is 2.44. The minimum absolute atomic E-state index is 0.449. The van der Waals surface area contributed by atoms with Crippen LogP contribution in [0, 0.1) is 11.3 Å². The van der Waals surface area contributed by atoms with Crippen LogP contribution in [0.2, 0.25) is 0 Å². The van der Waals surface area contributed by atoms with Crippen molar-refractivity contribution in [2.45, 2.75) is 31.7 Å². The molecule has 2 aliphatic rings. The molecule has 2 aliphatic heterocycles. The molecule has 0 aliphatic carbocycles. The molecule has 90 valence electrons. The van der Waals surface area contributed by atoms with E-state index in [-0.39, 0.29) is 0 Å². The number of rotatable bonds is 1. The van der Waals surface area contributed by atoms with Crippen molar-refractivity contribution in [1.29, 1.82) is 5.26 Å². The van der Waals surface area contributed by atoms with E-state index in [1.807, 2.05) is 0 Å². The SMILES string of the molecule is N#Cc1nc(C2CCOCC2)n2c1NCCC2. The summed E-state index contributed by atoms with van der Waals surface area (Å²) in [6.45, 7) is 3.53. The van der Waals surface area contributed by atoms with E-state index in [1.54, 1.807) is 0 Å². The average molecular weight is 232 g/mol. The van der Waals surface area contributed by atoms with Gasteiger partial charge in [0.2, 0.25) is 0 Å². The molecule has 0 saturated carbocycles. The second-order valence-electron chi connectivity index (χ2n) is 4.60. The predicted octanol–water partition coefficient (Wildman–Crippen LogP) is 1.46. The Morgan fingerprint density at radius 3 is 3.00 bits per heavy atom. The number of hydrogen-bond donors (Lipinski definition) is 1. The van der Waals surface area contributed by atoms with Crippen molar-refractivity contribution < 1.29 is 4.74 Å². The lowest BCUT2D eigenvalue weighted by molar-refractivity contribution is 0.0828. The van der Waals surface area contributed by atoms with Crippen molar-refractivity contribution in [3.8, 4) is 6.07 Å². The van der Waals surface area contributed by atoms with Crippen molar-refractivity contribution in [1.82, 2.24) is 9.55 Å². The number of aromatic nitrogens is 2. The number of anilines is 1. The zero-order valence-electron chi connectivity index (χ0n) is 9.78. The molecular weight excluding hydrogens is 216 g/mol. The van der Waals surface area contributed by atoms with E-state index in [4.69, 9.17) is 10.00 Å². The van der Waals surface area contributed by atoms with Gasteiger partial charge in [-0.3, -0.25) is 0 Å². The summed E-state index contributed by atoms with van der Waals surface area (Å²) < 4.78 is 7.57. The zero-order chi connectivity index (χ0) is 11.7. The molecule has 3 heterocycles. The largest absolute Gasteiger partial charge is 0.381 e. The maximum atomic E-state index is 9.11. The zero-order valence-corrected chi connectivity index (χ0v) is 9.78. The summed E-state index contributed by atoms with van der Waals surface area (Å²) >= 11 is 0. The highest BCUT2D eigenvalue weighted by molar-refractivity contribution is 5.51. The predicted molar refractivity (Wildman–Crippen MR) is 62.8 cm³/mol. The molecule has 1 fully saturated rings. The Labute approximate surface area is 100 Å². The van der Waals surface area contributed by atoms with Gasteiger partial charge in [-0.25, -0.2) is 4.98 Å². The van der Waals surface area contributed by atoms with Gasteiger partial charge >= 0.3 is 0 Å². The molecule has 0 bridgehead atoms. The summed E-state index contributed by atoms with van der Waals surface area (Å²) in [5, 5.41) is 12.4. The molecular formula is C12H16N4O. The minimum Gasteiger partial charge on any atom is -0.381 e. The molecule has 0 radical (unpaired) electrons. The monoisotopic (exact) mass is 232 g/mol. The van der Waals surface area contributed by atoms with Crippen LogP contribution in [0.3, 0.4) is 0 Å². The molecule has 17 heavy (non-hydrogen) atoms. The number of nitriles is 1. The summed E-state index contributed by atoms with van der Waals surface area (Å²) in [6.07, 6.45) is 3.13. The van der Waals surface area contributed by atoms with Gasteiger partial charge in [-0.05, 0) is 19.3 Å². The highest BCUT2D eigenvalue weighted by atomic mass is 16.5. The van der Waals surface area contributed by atoms with E-state index in [0.29, 0.717) is 11.6 Å². The van der Waals surface area contributed by atoms with Crippen molar-refractivity contribution in [2.24, 2.45) is 0 Å². The lowest BCUT2D eigenvalue weighted by Crippen LogP contribution is -2.22. The summed E-state index contributed by atoms with van der Waals surface area (Å²) in [7, 11) is 0. The summed E-state index contributed by atoms with van der Waals surface area (Å²) in [4.78, 5) is 4.52. The fourth-order valence-electron chi connectivity index (χ4n) is 2.67. The molecule has 1 saturated heterocycles.